The summed E-state index contributed by atoms with van der Waals surface area (Å²) in [6.45, 7) is 2.19. The van der Waals surface area contributed by atoms with Crippen molar-refractivity contribution in [2.24, 2.45) is 17.8 Å². The van der Waals surface area contributed by atoms with E-state index in [2.05, 4.69) is 26.9 Å². The summed E-state index contributed by atoms with van der Waals surface area (Å²) in [5, 5.41) is 13.8. The summed E-state index contributed by atoms with van der Waals surface area (Å²) in [6, 6.07) is 2.06. The van der Waals surface area contributed by atoms with Crippen LogP contribution in [0.15, 0.2) is 6.07 Å². The molecule has 1 saturated heterocycles. The highest BCUT2D eigenvalue weighted by atomic mass is 35.5. The van der Waals surface area contributed by atoms with Gasteiger partial charge >= 0.3 is 0 Å². The molecule has 2 bridgehead atoms. The Morgan fingerprint density at radius 2 is 2.04 bits per heavy atom. The van der Waals surface area contributed by atoms with Crippen molar-refractivity contribution in [3.63, 3.8) is 0 Å². The molecule has 1 aromatic heterocycles. The van der Waals surface area contributed by atoms with Crippen LogP contribution in [0.1, 0.15) is 63.0 Å². The molecule has 3 unspecified atom stereocenters. The van der Waals surface area contributed by atoms with Gasteiger partial charge in [-0.05, 0) is 69.4 Å². The van der Waals surface area contributed by atoms with Crippen LogP contribution >= 0.6 is 12.4 Å². The highest BCUT2D eigenvalue weighted by Crippen LogP contribution is 2.52. The fourth-order valence-electron chi connectivity index (χ4n) is 4.93. The minimum absolute atomic E-state index is 0. The van der Waals surface area contributed by atoms with Crippen LogP contribution in [0, 0.1) is 17.8 Å². The smallest absolute Gasteiger partial charge is 0.225 e. The van der Waals surface area contributed by atoms with Gasteiger partial charge in [0, 0.05) is 24.1 Å². The normalized spacial score (nSPS) is 29.4. The molecular formula is C18H29ClN4O. The molecule has 5 nitrogen and oxygen atoms in total. The molecule has 3 aliphatic rings. The zero-order chi connectivity index (χ0) is 15.6. The molecule has 4 rings (SSSR count). The van der Waals surface area contributed by atoms with Gasteiger partial charge in [-0.3, -0.25) is 9.89 Å². The number of rotatable bonds is 5. The van der Waals surface area contributed by atoms with E-state index < -0.39 is 0 Å². The Balaban J connectivity index is 0.00000169. The van der Waals surface area contributed by atoms with Crippen molar-refractivity contribution >= 4 is 24.1 Å². The average molecular weight is 353 g/mol. The summed E-state index contributed by atoms with van der Waals surface area (Å²) in [7, 11) is 0. The first-order chi connectivity index (χ1) is 11.3. The number of H-pyrrole nitrogens is 1. The lowest BCUT2D eigenvalue weighted by Crippen LogP contribution is -2.28. The van der Waals surface area contributed by atoms with Crippen molar-refractivity contribution < 1.29 is 4.79 Å². The number of nitrogens with zero attached hydrogens (tertiary/aromatic N) is 1. The van der Waals surface area contributed by atoms with E-state index in [9.17, 15) is 4.79 Å². The van der Waals surface area contributed by atoms with Gasteiger partial charge in [-0.25, -0.2) is 0 Å². The first-order valence-corrected chi connectivity index (χ1v) is 9.34. The van der Waals surface area contributed by atoms with Gasteiger partial charge in [0.15, 0.2) is 5.82 Å². The van der Waals surface area contributed by atoms with Crippen molar-refractivity contribution in [1.82, 2.24) is 15.5 Å². The standard InChI is InChI=1S/C18H28N4O.ClH/c23-18(4-2-12-5-7-19-8-6-12)20-17-11-16(21-22-17)15-10-13-1-3-14(15)9-13;/h11-15,19H,1-10H2,(H2,20,21,22,23);1H. The van der Waals surface area contributed by atoms with Gasteiger partial charge < -0.3 is 10.6 Å². The fraction of sp³-hybridized carbons (Fsp3) is 0.778. The van der Waals surface area contributed by atoms with Gasteiger partial charge in [-0.1, -0.05) is 6.42 Å². The van der Waals surface area contributed by atoms with E-state index in [-0.39, 0.29) is 18.3 Å². The van der Waals surface area contributed by atoms with Crippen molar-refractivity contribution in [2.45, 2.75) is 57.3 Å². The number of hydrogen-bond donors (Lipinski definition) is 3. The highest BCUT2D eigenvalue weighted by Gasteiger charge is 2.40. The molecule has 0 aromatic carbocycles. The minimum Gasteiger partial charge on any atom is -0.317 e. The number of carbonyl (C=O) groups is 1. The van der Waals surface area contributed by atoms with E-state index in [1.165, 1.54) is 44.2 Å². The lowest BCUT2D eigenvalue weighted by atomic mass is 9.86. The number of anilines is 1. The van der Waals surface area contributed by atoms with Gasteiger partial charge in [-0.15, -0.1) is 12.4 Å². The van der Waals surface area contributed by atoms with Crippen LogP contribution in [0.5, 0.6) is 0 Å². The van der Waals surface area contributed by atoms with E-state index in [1.54, 1.807) is 0 Å². The Morgan fingerprint density at radius 1 is 1.21 bits per heavy atom. The van der Waals surface area contributed by atoms with Gasteiger partial charge in [0.2, 0.25) is 5.91 Å². The monoisotopic (exact) mass is 352 g/mol. The van der Waals surface area contributed by atoms with Gasteiger partial charge in [0.1, 0.15) is 0 Å². The van der Waals surface area contributed by atoms with Crippen LogP contribution in [0.4, 0.5) is 5.82 Å². The lowest BCUT2D eigenvalue weighted by Gasteiger charge is -2.22. The number of fused-ring (bicyclic) bond motifs is 2. The summed E-state index contributed by atoms with van der Waals surface area (Å²) < 4.78 is 0. The van der Waals surface area contributed by atoms with Gasteiger partial charge in [0.25, 0.3) is 0 Å². The molecule has 24 heavy (non-hydrogen) atoms. The van der Waals surface area contributed by atoms with Gasteiger partial charge in [-0.2, -0.15) is 5.10 Å². The molecule has 0 radical (unpaired) electrons. The quantitative estimate of drug-likeness (QED) is 0.760. The van der Waals surface area contributed by atoms with Crippen LogP contribution in [-0.4, -0.2) is 29.2 Å². The van der Waals surface area contributed by atoms with E-state index in [1.807, 2.05) is 0 Å². The van der Waals surface area contributed by atoms with Crippen molar-refractivity contribution in [3.8, 4) is 0 Å². The Morgan fingerprint density at radius 3 is 2.75 bits per heavy atom. The first-order valence-electron chi connectivity index (χ1n) is 9.34. The second kappa shape index (κ2) is 7.87. The third-order valence-corrected chi connectivity index (χ3v) is 6.24. The van der Waals surface area contributed by atoms with Crippen molar-refractivity contribution in [1.29, 1.82) is 0 Å². The number of halogens is 1. The number of amides is 1. The Kier molecular flexibility index (Phi) is 5.82. The summed E-state index contributed by atoms with van der Waals surface area (Å²) in [6.07, 6.45) is 9.48. The second-order valence-electron chi connectivity index (χ2n) is 7.77. The Bertz CT molecular complexity index is 555. The molecule has 6 heteroatoms. The zero-order valence-corrected chi connectivity index (χ0v) is 15.0. The van der Waals surface area contributed by atoms with Crippen LogP contribution in [0.2, 0.25) is 0 Å². The predicted octanol–water partition coefficient (Wildman–Crippen LogP) is 3.45. The third kappa shape index (κ3) is 3.94. The maximum atomic E-state index is 12.1. The molecule has 1 aromatic rings. The number of nitrogens with one attached hydrogen (secondary N) is 3. The van der Waals surface area contributed by atoms with Crippen molar-refractivity contribution in [3.05, 3.63) is 11.8 Å². The fourth-order valence-corrected chi connectivity index (χ4v) is 4.93. The maximum Gasteiger partial charge on any atom is 0.225 e. The van der Waals surface area contributed by atoms with E-state index in [0.29, 0.717) is 24.1 Å². The third-order valence-electron chi connectivity index (χ3n) is 6.24. The Labute approximate surface area is 150 Å². The van der Waals surface area contributed by atoms with Gasteiger partial charge in [0.05, 0.1) is 0 Å². The van der Waals surface area contributed by atoms with E-state index in [4.69, 9.17) is 0 Å². The number of aromatic amines is 1. The largest absolute Gasteiger partial charge is 0.317 e. The number of piperidine rings is 1. The molecule has 3 fully saturated rings. The topological polar surface area (TPSA) is 69.8 Å². The van der Waals surface area contributed by atoms with Crippen molar-refractivity contribution in [2.75, 3.05) is 18.4 Å². The summed E-state index contributed by atoms with van der Waals surface area (Å²) in [4.78, 5) is 12.1. The number of carbonyl (C=O) groups excluding carboxylic acids is 1. The van der Waals surface area contributed by atoms with Crippen LogP contribution < -0.4 is 10.6 Å². The molecule has 0 spiro atoms. The molecule has 2 aliphatic carbocycles. The van der Waals surface area contributed by atoms with Crippen LogP contribution in [0.25, 0.3) is 0 Å². The number of hydrogen-bond acceptors (Lipinski definition) is 3. The average Bonchev–Trinajstić information content (AvgIpc) is 3.30. The predicted molar refractivity (Wildman–Crippen MR) is 97.5 cm³/mol. The lowest BCUT2D eigenvalue weighted by molar-refractivity contribution is -0.116. The summed E-state index contributed by atoms with van der Waals surface area (Å²) in [5.74, 6) is 3.92. The molecule has 134 valence electrons. The first kappa shape index (κ1) is 17.7. The molecular weight excluding hydrogens is 324 g/mol. The maximum absolute atomic E-state index is 12.1. The minimum atomic E-state index is 0. The molecule has 3 atom stereocenters. The molecule has 2 saturated carbocycles. The summed E-state index contributed by atoms with van der Waals surface area (Å²) in [5.41, 5.74) is 1.23. The van der Waals surface area contributed by atoms with E-state index in [0.717, 1.165) is 31.3 Å². The zero-order valence-electron chi connectivity index (χ0n) is 14.2. The van der Waals surface area contributed by atoms with E-state index >= 15 is 0 Å². The molecule has 3 N–H and O–H groups in total. The molecule has 2 heterocycles. The molecule has 1 aliphatic heterocycles. The highest BCUT2D eigenvalue weighted by molar-refractivity contribution is 5.89. The SMILES string of the molecule is Cl.O=C(CCC1CCNCC1)Nc1cc(C2CC3CCC2C3)[nH]n1. The van der Waals surface area contributed by atoms with Crippen LogP contribution in [-0.2, 0) is 4.79 Å². The number of aromatic nitrogens is 2. The van der Waals surface area contributed by atoms with Crippen LogP contribution in [0.3, 0.4) is 0 Å². The molecule has 1 amide bonds. The second-order valence-corrected chi connectivity index (χ2v) is 7.77. The summed E-state index contributed by atoms with van der Waals surface area (Å²) >= 11 is 0. The Hall–Kier alpha value is -1.07.